The van der Waals surface area contributed by atoms with Gasteiger partial charge in [-0.1, -0.05) is 30.3 Å². The highest BCUT2D eigenvalue weighted by molar-refractivity contribution is 7.85. The summed E-state index contributed by atoms with van der Waals surface area (Å²) in [5.41, 5.74) is 7.19. The van der Waals surface area contributed by atoms with Crippen LogP contribution < -0.4 is 11.1 Å². The summed E-state index contributed by atoms with van der Waals surface area (Å²) in [5.74, 6) is -0.277. The molecule has 0 aromatic heterocycles. The first-order chi connectivity index (χ1) is 9.65. The molecule has 1 atom stereocenters. The Morgan fingerprint density at radius 1 is 1.05 bits per heavy atom. The number of nitrogen functional groups attached to an aromatic ring is 1. The Morgan fingerprint density at radius 3 is 2.35 bits per heavy atom. The summed E-state index contributed by atoms with van der Waals surface area (Å²) in [4.78, 5) is 12.3. The third kappa shape index (κ3) is 4.20. The number of rotatable bonds is 5. The van der Waals surface area contributed by atoms with E-state index in [1.165, 1.54) is 0 Å². The molecule has 4 nitrogen and oxygen atoms in total. The van der Waals surface area contributed by atoms with Crippen LogP contribution in [0, 0.1) is 0 Å². The Balaban J connectivity index is 1.85. The van der Waals surface area contributed by atoms with Crippen LogP contribution in [0.5, 0.6) is 0 Å². The lowest BCUT2D eigenvalue weighted by Crippen LogP contribution is -2.27. The predicted molar refractivity (Wildman–Crippen MR) is 80.4 cm³/mol. The van der Waals surface area contributed by atoms with E-state index in [0.29, 0.717) is 17.1 Å². The van der Waals surface area contributed by atoms with Crippen LogP contribution in [0.1, 0.15) is 5.56 Å². The van der Waals surface area contributed by atoms with Crippen molar-refractivity contribution >= 4 is 22.4 Å². The van der Waals surface area contributed by atoms with Crippen molar-refractivity contribution in [1.29, 1.82) is 0 Å². The summed E-state index contributed by atoms with van der Waals surface area (Å²) in [6.07, 6.45) is 0. The SMILES string of the molecule is Nc1ccc(S(=O)CC(=O)NCc2ccccc2)cc1. The van der Waals surface area contributed by atoms with E-state index in [0.717, 1.165) is 5.56 Å². The molecule has 2 aromatic rings. The maximum absolute atomic E-state index is 12.0. The van der Waals surface area contributed by atoms with Crippen LogP contribution in [0.3, 0.4) is 0 Å². The number of benzene rings is 2. The second-order valence-corrected chi connectivity index (χ2v) is 5.77. The lowest BCUT2D eigenvalue weighted by Gasteiger charge is -2.06. The van der Waals surface area contributed by atoms with Gasteiger partial charge in [0.15, 0.2) is 0 Å². The fourth-order valence-electron chi connectivity index (χ4n) is 1.67. The van der Waals surface area contributed by atoms with Gasteiger partial charge in [0.1, 0.15) is 5.75 Å². The first-order valence-corrected chi connectivity index (χ1v) is 7.51. The zero-order valence-electron chi connectivity index (χ0n) is 10.9. The van der Waals surface area contributed by atoms with E-state index >= 15 is 0 Å². The Hall–Kier alpha value is -2.14. The molecule has 1 amide bonds. The zero-order chi connectivity index (χ0) is 14.4. The van der Waals surface area contributed by atoms with Crippen molar-refractivity contribution in [1.82, 2.24) is 5.32 Å². The molecular formula is C15H16N2O2S. The van der Waals surface area contributed by atoms with Gasteiger partial charge in [-0.2, -0.15) is 0 Å². The molecule has 20 heavy (non-hydrogen) atoms. The van der Waals surface area contributed by atoms with Crippen LogP contribution in [0.2, 0.25) is 0 Å². The van der Waals surface area contributed by atoms with Gasteiger partial charge in [-0.15, -0.1) is 0 Å². The van der Waals surface area contributed by atoms with Crippen LogP contribution in [0.4, 0.5) is 5.69 Å². The number of anilines is 1. The molecule has 3 N–H and O–H groups in total. The normalized spacial score (nSPS) is 11.8. The molecule has 0 saturated heterocycles. The maximum atomic E-state index is 12.0. The van der Waals surface area contributed by atoms with Gasteiger partial charge >= 0.3 is 0 Å². The van der Waals surface area contributed by atoms with Gasteiger partial charge in [-0.3, -0.25) is 9.00 Å². The predicted octanol–water partition coefficient (Wildman–Crippen LogP) is 1.69. The molecule has 1 unspecified atom stereocenters. The van der Waals surface area contributed by atoms with Crippen molar-refractivity contribution in [2.45, 2.75) is 11.4 Å². The molecule has 0 heterocycles. The summed E-state index contributed by atoms with van der Waals surface area (Å²) < 4.78 is 12.0. The van der Waals surface area contributed by atoms with Crippen molar-refractivity contribution in [3.63, 3.8) is 0 Å². The van der Waals surface area contributed by atoms with Gasteiger partial charge in [-0.25, -0.2) is 0 Å². The Morgan fingerprint density at radius 2 is 1.70 bits per heavy atom. The monoisotopic (exact) mass is 288 g/mol. The minimum atomic E-state index is -1.35. The van der Waals surface area contributed by atoms with Crippen molar-refractivity contribution < 1.29 is 9.00 Å². The summed E-state index contributed by atoms with van der Waals surface area (Å²) in [6, 6.07) is 16.3. The minimum absolute atomic E-state index is 0.0449. The van der Waals surface area contributed by atoms with Crippen molar-refractivity contribution in [2.75, 3.05) is 11.5 Å². The van der Waals surface area contributed by atoms with Crippen LogP contribution in [0.15, 0.2) is 59.5 Å². The first-order valence-electron chi connectivity index (χ1n) is 6.19. The van der Waals surface area contributed by atoms with E-state index in [1.807, 2.05) is 30.3 Å². The van der Waals surface area contributed by atoms with E-state index < -0.39 is 10.8 Å². The maximum Gasteiger partial charge on any atom is 0.233 e. The number of hydrogen-bond acceptors (Lipinski definition) is 3. The topological polar surface area (TPSA) is 72.2 Å². The fraction of sp³-hybridized carbons (Fsp3) is 0.133. The summed E-state index contributed by atoms with van der Waals surface area (Å²) in [7, 11) is -1.35. The number of nitrogens with one attached hydrogen (secondary N) is 1. The number of amides is 1. The average Bonchev–Trinajstić information content (AvgIpc) is 2.47. The van der Waals surface area contributed by atoms with Crippen molar-refractivity contribution in [3.8, 4) is 0 Å². The van der Waals surface area contributed by atoms with E-state index in [4.69, 9.17) is 5.73 Å². The summed E-state index contributed by atoms with van der Waals surface area (Å²) in [6.45, 7) is 0.443. The van der Waals surface area contributed by atoms with Crippen LogP contribution in [0.25, 0.3) is 0 Å². The molecule has 5 heteroatoms. The van der Waals surface area contributed by atoms with Gasteiger partial charge in [-0.05, 0) is 29.8 Å². The van der Waals surface area contributed by atoms with E-state index in [-0.39, 0.29) is 11.7 Å². The molecule has 0 saturated carbocycles. The third-order valence-corrected chi connectivity index (χ3v) is 4.06. The molecule has 2 aromatic carbocycles. The lowest BCUT2D eigenvalue weighted by atomic mass is 10.2. The molecular weight excluding hydrogens is 272 g/mol. The van der Waals surface area contributed by atoms with Crippen LogP contribution in [-0.2, 0) is 22.1 Å². The van der Waals surface area contributed by atoms with Gasteiger partial charge in [0.2, 0.25) is 5.91 Å². The van der Waals surface area contributed by atoms with Crippen molar-refractivity contribution in [2.24, 2.45) is 0 Å². The largest absolute Gasteiger partial charge is 0.399 e. The van der Waals surface area contributed by atoms with E-state index in [9.17, 15) is 9.00 Å². The fourth-order valence-corrected chi connectivity index (χ4v) is 2.62. The molecule has 0 aliphatic heterocycles. The quantitative estimate of drug-likeness (QED) is 0.822. The van der Waals surface area contributed by atoms with Crippen molar-refractivity contribution in [3.05, 3.63) is 60.2 Å². The highest BCUT2D eigenvalue weighted by atomic mass is 32.2. The minimum Gasteiger partial charge on any atom is -0.399 e. The molecule has 2 rings (SSSR count). The van der Waals surface area contributed by atoms with E-state index in [1.54, 1.807) is 24.3 Å². The Labute approximate surface area is 120 Å². The number of hydrogen-bond donors (Lipinski definition) is 2. The van der Waals surface area contributed by atoms with Gasteiger partial charge in [0, 0.05) is 17.1 Å². The second kappa shape index (κ2) is 6.86. The van der Waals surface area contributed by atoms with Gasteiger partial charge < -0.3 is 11.1 Å². The van der Waals surface area contributed by atoms with Crippen LogP contribution in [-0.4, -0.2) is 15.9 Å². The Kier molecular flexibility index (Phi) is 4.90. The third-order valence-electron chi connectivity index (χ3n) is 2.74. The van der Waals surface area contributed by atoms with Crippen LogP contribution >= 0.6 is 0 Å². The zero-order valence-corrected chi connectivity index (χ0v) is 11.7. The smallest absolute Gasteiger partial charge is 0.233 e. The highest BCUT2D eigenvalue weighted by Gasteiger charge is 2.09. The molecule has 0 fully saturated rings. The summed E-state index contributed by atoms with van der Waals surface area (Å²) in [5, 5.41) is 2.75. The first kappa shape index (κ1) is 14.3. The molecule has 104 valence electrons. The number of nitrogens with two attached hydrogens (primary N) is 1. The van der Waals surface area contributed by atoms with Gasteiger partial charge in [0.25, 0.3) is 0 Å². The van der Waals surface area contributed by atoms with E-state index in [2.05, 4.69) is 5.32 Å². The molecule has 0 spiro atoms. The molecule has 0 bridgehead atoms. The second-order valence-electron chi connectivity index (χ2n) is 4.32. The molecule has 0 aliphatic carbocycles. The molecule has 0 aliphatic rings. The average molecular weight is 288 g/mol. The standard InChI is InChI=1S/C15H16N2O2S/c16-13-6-8-14(9-7-13)20(19)11-15(18)17-10-12-4-2-1-3-5-12/h1-9H,10-11,16H2,(H,17,18). The summed E-state index contributed by atoms with van der Waals surface area (Å²) >= 11 is 0. The van der Waals surface area contributed by atoms with Gasteiger partial charge in [0.05, 0.1) is 10.8 Å². The number of carbonyl (C=O) groups is 1. The Bertz CT molecular complexity index is 597. The number of carbonyl (C=O) groups excluding carboxylic acids is 1. The molecule has 0 radical (unpaired) electrons. The highest BCUT2D eigenvalue weighted by Crippen LogP contribution is 2.10. The lowest BCUT2D eigenvalue weighted by molar-refractivity contribution is -0.118.